The van der Waals surface area contributed by atoms with Gasteiger partial charge in [-0.25, -0.2) is 0 Å². The van der Waals surface area contributed by atoms with Crippen molar-refractivity contribution in [3.63, 3.8) is 0 Å². The second kappa shape index (κ2) is 5.43. The number of hydrogen-bond donors (Lipinski definition) is 1. The van der Waals surface area contributed by atoms with Gasteiger partial charge < -0.3 is 5.32 Å². The number of nitrogens with one attached hydrogen (secondary N) is 1. The van der Waals surface area contributed by atoms with Crippen molar-refractivity contribution >= 4 is 5.69 Å². The van der Waals surface area contributed by atoms with E-state index in [4.69, 9.17) is 0 Å². The predicted molar refractivity (Wildman–Crippen MR) is 71.3 cm³/mol. The average Bonchev–Trinajstić information content (AvgIpc) is 2.34. The maximum atomic E-state index is 12.8. The van der Waals surface area contributed by atoms with E-state index in [-0.39, 0.29) is 18.9 Å². The molecule has 1 fully saturated rings. The van der Waals surface area contributed by atoms with Crippen LogP contribution >= 0.6 is 0 Å². The van der Waals surface area contributed by atoms with Gasteiger partial charge in [0.1, 0.15) is 0 Å². The summed E-state index contributed by atoms with van der Waals surface area (Å²) in [6.45, 7) is 4.02. The van der Waals surface area contributed by atoms with E-state index >= 15 is 0 Å². The smallest absolute Gasteiger partial charge is 0.382 e. The third-order valence-electron chi connectivity index (χ3n) is 4.10. The Morgan fingerprint density at radius 1 is 1.16 bits per heavy atom. The van der Waals surface area contributed by atoms with Crippen molar-refractivity contribution in [1.82, 2.24) is 0 Å². The molecule has 1 aliphatic rings. The molecule has 0 radical (unpaired) electrons. The highest BCUT2D eigenvalue weighted by molar-refractivity contribution is 5.54. The molecule has 2 rings (SSSR count). The molecule has 0 spiro atoms. The lowest BCUT2D eigenvalue weighted by atomic mass is 9.85. The van der Waals surface area contributed by atoms with Crippen LogP contribution < -0.4 is 5.32 Å². The predicted octanol–water partition coefficient (Wildman–Crippen LogP) is 4.84. The van der Waals surface area contributed by atoms with Gasteiger partial charge in [0.2, 0.25) is 0 Å². The molecule has 1 saturated carbocycles. The Labute approximate surface area is 112 Å². The monoisotopic (exact) mass is 271 g/mol. The zero-order chi connectivity index (χ0) is 14.0. The molecular weight excluding hydrogens is 251 g/mol. The van der Waals surface area contributed by atoms with Crippen LogP contribution in [0.1, 0.15) is 36.8 Å². The van der Waals surface area contributed by atoms with E-state index in [1.165, 1.54) is 0 Å². The van der Waals surface area contributed by atoms with Gasteiger partial charge in [0.25, 0.3) is 0 Å². The lowest BCUT2D eigenvalue weighted by Gasteiger charge is -2.32. The summed E-state index contributed by atoms with van der Waals surface area (Å²) in [5.74, 6) is -1.15. The Bertz CT molecular complexity index is 440. The molecule has 2 atom stereocenters. The van der Waals surface area contributed by atoms with Crippen LogP contribution in [-0.2, 0) is 0 Å². The molecule has 1 N–H and O–H groups in total. The SMILES string of the molecule is Cc1cccc(NC2CCCC(C(F)(F)F)C2)c1C. The maximum absolute atomic E-state index is 12.8. The van der Waals surface area contributed by atoms with Gasteiger partial charge in [-0.05, 0) is 50.3 Å². The standard InChI is InChI=1S/C15H20F3N/c1-10-5-3-8-14(11(10)2)19-13-7-4-6-12(9-13)15(16,17)18/h3,5,8,12-13,19H,4,6-7,9H2,1-2H3. The zero-order valence-corrected chi connectivity index (χ0v) is 11.3. The molecule has 1 aliphatic carbocycles. The third-order valence-corrected chi connectivity index (χ3v) is 4.10. The summed E-state index contributed by atoms with van der Waals surface area (Å²) >= 11 is 0. The molecule has 2 unspecified atom stereocenters. The Morgan fingerprint density at radius 2 is 1.89 bits per heavy atom. The largest absolute Gasteiger partial charge is 0.391 e. The van der Waals surface area contributed by atoms with Gasteiger partial charge >= 0.3 is 6.18 Å². The normalized spacial score (nSPS) is 24.3. The number of aryl methyl sites for hydroxylation is 1. The molecule has 106 valence electrons. The summed E-state index contributed by atoms with van der Waals surface area (Å²) in [7, 11) is 0. The fourth-order valence-electron chi connectivity index (χ4n) is 2.75. The highest BCUT2D eigenvalue weighted by Crippen LogP contribution is 2.38. The first-order valence-electron chi connectivity index (χ1n) is 6.77. The summed E-state index contributed by atoms with van der Waals surface area (Å²) in [4.78, 5) is 0. The number of hydrogen-bond acceptors (Lipinski definition) is 1. The summed E-state index contributed by atoms with van der Waals surface area (Å²) in [6.07, 6.45) is -2.12. The summed E-state index contributed by atoms with van der Waals surface area (Å²) in [5.41, 5.74) is 3.25. The quantitative estimate of drug-likeness (QED) is 0.811. The van der Waals surface area contributed by atoms with Gasteiger partial charge in [-0.15, -0.1) is 0 Å². The number of alkyl halides is 3. The highest BCUT2D eigenvalue weighted by atomic mass is 19.4. The number of rotatable bonds is 2. The van der Waals surface area contributed by atoms with E-state index < -0.39 is 12.1 Å². The Hall–Kier alpha value is -1.19. The van der Waals surface area contributed by atoms with E-state index in [1.807, 2.05) is 32.0 Å². The van der Waals surface area contributed by atoms with Gasteiger partial charge in [0, 0.05) is 11.7 Å². The molecule has 4 heteroatoms. The fraction of sp³-hybridized carbons (Fsp3) is 0.600. The van der Waals surface area contributed by atoms with Crippen molar-refractivity contribution in [3.8, 4) is 0 Å². The first kappa shape index (κ1) is 14.2. The summed E-state index contributed by atoms with van der Waals surface area (Å²) in [5, 5.41) is 3.29. The van der Waals surface area contributed by atoms with E-state index in [0.29, 0.717) is 6.42 Å². The number of anilines is 1. The van der Waals surface area contributed by atoms with Crippen molar-refractivity contribution in [2.45, 2.75) is 51.7 Å². The zero-order valence-electron chi connectivity index (χ0n) is 11.3. The highest BCUT2D eigenvalue weighted by Gasteiger charge is 2.42. The second-order valence-corrected chi connectivity index (χ2v) is 5.49. The minimum Gasteiger partial charge on any atom is -0.382 e. The van der Waals surface area contributed by atoms with Gasteiger partial charge in [-0.1, -0.05) is 18.6 Å². The Kier molecular flexibility index (Phi) is 4.07. The van der Waals surface area contributed by atoms with Crippen LogP contribution in [0.4, 0.5) is 18.9 Å². The molecule has 0 aromatic heterocycles. The third kappa shape index (κ3) is 3.43. The Morgan fingerprint density at radius 3 is 2.58 bits per heavy atom. The fourth-order valence-corrected chi connectivity index (χ4v) is 2.75. The molecule has 0 amide bonds. The molecule has 1 nitrogen and oxygen atoms in total. The van der Waals surface area contributed by atoms with Crippen LogP contribution in [0.3, 0.4) is 0 Å². The van der Waals surface area contributed by atoms with Crippen LogP contribution in [-0.4, -0.2) is 12.2 Å². The number of halogens is 3. The topological polar surface area (TPSA) is 12.0 Å². The van der Waals surface area contributed by atoms with Crippen molar-refractivity contribution in [2.24, 2.45) is 5.92 Å². The van der Waals surface area contributed by atoms with Gasteiger partial charge in [0.05, 0.1) is 5.92 Å². The summed E-state index contributed by atoms with van der Waals surface area (Å²) in [6, 6.07) is 5.83. The van der Waals surface area contributed by atoms with Crippen LogP contribution in [0.2, 0.25) is 0 Å². The molecule has 0 heterocycles. The molecule has 0 bridgehead atoms. The van der Waals surface area contributed by atoms with E-state index in [0.717, 1.165) is 23.2 Å². The molecule has 0 aliphatic heterocycles. The molecule has 19 heavy (non-hydrogen) atoms. The summed E-state index contributed by atoms with van der Waals surface area (Å²) < 4.78 is 38.3. The van der Waals surface area contributed by atoms with Crippen molar-refractivity contribution < 1.29 is 13.2 Å². The van der Waals surface area contributed by atoms with Crippen LogP contribution in [0.25, 0.3) is 0 Å². The minimum absolute atomic E-state index is 0.0686. The van der Waals surface area contributed by atoms with Crippen molar-refractivity contribution in [2.75, 3.05) is 5.32 Å². The van der Waals surface area contributed by atoms with Crippen LogP contribution in [0.5, 0.6) is 0 Å². The lowest BCUT2D eigenvalue weighted by Crippen LogP contribution is -2.34. The molecular formula is C15H20F3N. The number of benzene rings is 1. The molecule has 1 aromatic carbocycles. The van der Waals surface area contributed by atoms with E-state index in [2.05, 4.69) is 5.32 Å². The first-order valence-corrected chi connectivity index (χ1v) is 6.77. The molecule has 0 saturated heterocycles. The van der Waals surface area contributed by atoms with E-state index in [1.54, 1.807) is 0 Å². The van der Waals surface area contributed by atoms with Gasteiger partial charge in [0.15, 0.2) is 0 Å². The van der Waals surface area contributed by atoms with Crippen LogP contribution in [0, 0.1) is 19.8 Å². The molecule has 1 aromatic rings. The van der Waals surface area contributed by atoms with Crippen LogP contribution in [0.15, 0.2) is 18.2 Å². The van der Waals surface area contributed by atoms with E-state index in [9.17, 15) is 13.2 Å². The average molecular weight is 271 g/mol. The van der Waals surface area contributed by atoms with Crippen molar-refractivity contribution in [3.05, 3.63) is 29.3 Å². The second-order valence-electron chi connectivity index (χ2n) is 5.49. The Balaban J connectivity index is 2.05. The van der Waals surface area contributed by atoms with Crippen molar-refractivity contribution in [1.29, 1.82) is 0 Å². The lowest BCUT2D eigenvalue weighted by molar-refractivity contribution is -0.182. The maximum Gasteiger partial charge on any atom is 0.391 e. The first-order chi connectivity index (χ1) is 8.88. The van der Waals surface area contributed by atoms with Gasteiger partial charge in [-0.2, -0.15) is 13.2 Å². The minimum atomic E-state index is -4.05. The van der Waals surface area contributed by atoms with Gasteiger partial charge in [-0.3, -0.25) is 0 Å².